The molecule has 0 amide bonds. The van der Waals surface area contributed by atoms with Gasteiger partial charge in [-0.3, -0.25) is 0 Å². The molecule has 19 heavy (non-hydrogen) atoms. The quantitative estimate of drug-likeness (QED) is 0.895. The van der Waals surface area contributed by atoms with E-state index in [2.05, 4.69) is 5.32 Å². The van der Waals surface area contributed by atoms with Gasteiger partial charge in [-0.1, -0.05) is 11.6 Å². The van der Waals surface area contributed by atoms with E-state index in [1.54, 1.807) is 24.3 Å². The first kappa shape index (κ1) is 14.2. The number of carboxylic acids is 1. The van der Waals surface area contributed by atoms with Crippen molar-refractivity contribution in [3.63, 3.8) is 0 Å². The molecule has 2 unspecified atom stereocenters. The SMILES string of the molecule is CC1CC(Nc2ccc(Cl)cc2)(C(=O)O)CC(C)O1. The zero-order valence-electron chi connectivity index (χ0n) is 11.0. The van der Waals surface area contributed by atoms with Crippen molar-refractivity contribution in [2.24, 2.45) is 0 Å². The van der Waals surface area contributed by atoms with Crippen LogP contribution in [0.3, 0.4) is 0 Å². The maximum absolute atomic E-state index is 11.7. The van der Waals surface area contributed by atoms with E-state index in [9.17, 15) is 9.90 Å². The molecule has 0 saturated carbocycles. The molecule has 0 spiro atoms. The Bertz CT molecular complexity index is 450. The molecule has 5 heteroatoms. The second-order valence-corrected chi connectivity index (χ2v) is 5.62. The van der Waals surface area contributed by atoms with Gasteiger partial charge in [0.05, 0.1) is 12.2 Å². The van der Waals surface area contributed by atoms with Crippen LogP contribution >= 0.6 is 11.6 Å². The highest BCUT2D eigenvalue weighted by Gasteiger charge is 2.45. The third kappa shape index (κ3) is 3.19. The molecule has 104 valence electrons. The van der Waals surface area contributed by atoms with E-state index >= 15 is 0 Å². The zero-order chi connectivity index (χ0) is 14.0. The van der Waals surface area contributed by atoms with Crippen molar-refractivity contribution in [2.45, 2.75) is 44.4 Å². The van der Waals surface area contributed by atoms with E-state index in [0.717, 1.165) is 5.69 Å². The first-order valence-electron chi connectivity index (χ1n) is 6.34. The van der Waals surface area contributed by atoms with Crippen molar-refractivity contribution in [1.29, 1.82) is 0 Å². The number of rotatable bonds is 3. The van der Waals surface area contributed by atoms with Crippen LogP contribution in [0.5, 0.6) is 0 Å². The molecule has 1 fully saturated rings. The summed E-state index contributed by atoms with van der Waals surface area (Å²) in [4.78, 5) is 11.7. The molecular formula is C14H18ClNO3. The van der Waals surface area contributed by atoms with Crippen LogP contribution in [0.2, 0.25) is 5.02 Å². The van der Waals surface area contributed by atoms with Gasteiger partial charge in [0, 0.05) is 23.6 Å². The lowest BCUT2D eigenvalue weighted by atomic mass is 9.84. The molecule has 2 N–H and O–H groups in total. The molecule has 0 aliphatic carbocycles. The molecule has 0 aromatic heterocycles. The van der Waals surface area contributed by atoms with Gasteiger partial charge in [0.15, 0.2) is 0 Å². The van der Waals surface area contributed by atoms with Gasteiger partial charge in [-0.15, -0.1) is 0 Å². The third-order valence-electron chi connectivity index (χ3n) is 3.37. The highest BCUT2D eigenvalue weighted by atomic mass is 35.5. The predicted octanol–water partition coefficient (Wildman–Crippen LogP) is 3.16. The molecule has 0 radical (unpaired) electrons. The van der Waals surface area contributed by atoms with E-state index in [0.29, 0.717) is 17.9 Å². The molecule has 0 bridgehead atoms. The smallest absolute Gasteiger partial charge is 0.329 e. The third-order valence-corrected chi connectivity index (χ3v) is 3.63. The summed E-state index contributed by atoms with van der Waals surface area (Å²) in [7, 11) is 0. The Hall–Kier alpha value is -1.26. The molecular weight excluding hydrogens is 266 g/mol. The monoisotopic (exact) mass is 283 g/mol. The molecule has 1 heterocycles. The Morgan fingerprint density at radius 1 is 1.32 bits per heavy atom. The molecule has 2 rings (SSSR count). The first-order valence-corrected chi connectivity index (χ1v) is 6.72. The Balaban J connectivity index is 2.24. The van der Waals surface area contributed by atoms with Crippen LogP contribution in [0.4, 0.5) is 5.69 Å². The van der Waals surface area contributed by atoms with Crippen LogP contribution in [0.15, 0.2) is 24.3 Å². The maximum atomic E-state index is 11.7. The van der Waals surface area contributed by atoms with Crippen LogP contribution in [0.1, 0.15) is 26.7 Å². The topological polar surface area (TPSA) is 58.6 Å². The number of hydrogen-bond acceptors (Lipinski definition) is 3. The van der Waals surface area contributed by atoms with Crippen LogP contribution in [0, 0.1) is 0 Å². The number of halogens is 1. The van der Waals surface area contributed by atoms with Crippen LogP contribution in [0.25, 0.3) is 0 Å². The minimum absolute atomic E-state index is 0.0837. The highest BCUT2D eigenvalue weighted by molar-refractivity contribution is 6.30. The fourth-order valence-corrected chi connectivity index (χ4v) is 2.82. The number of hydrogen-bond donors (Lipinski definition) is 2. The van der Waals surface area contributed by atoms with Crippen molar-refractivity contribution in [2.75, 3.05) is 5.32 Å². The largest absolute Gasteiger partial charge is 0.480 e. The first-order chi connectivity index (χ1) is 8.91. The normalized spacial score (nSPS) is 30.9. The number of benzene rings is 1. The Morgan fingerprint density at radius 2 is 1.84 bits per heavy atom. The lowest BCUT2D eigenvalue weighted by Crippen LogP contribution is -2.54. The van der Waals surface area contributed by atoms with E-state index in [1.165, 1.54) is 0 Å². The number of ether oxygens (including phenoxy) is 1. The number of nitrogens with one attached hydrogen (secondary N) is 1. The summed E-state index contributed by atoms with van der Waals surface area (Å²) in [5.74, 6) is -0.843. The van der Waals surface area contributed by atoms with Crippen molar-refractivity contribution >= 4 is 23.3 Å². The van der Waals surface area contributed by atoms with Gasteiger partial charge in [-0.25, -0.2) is 4.79 Å². The molecule has 1 aliphatic heterocycles. The average molecular weight is 284 g/mol. The number of carbonyl (C=O) groups is 1. The van der Waals surface area contributed by atoms with Crippen LogP contribution in [-0.2, 0) is 9.53 Å². The second kappa shape index (κ2) is 5.39. The van der Waals surface area contributed by atoms with E-state index in [1.807, 2.05) is 13.8 Å². The van der Waals surface area contributed by atoms with Crippen molar-refractivity contribution < 1.29 is 14.6 Å². The number of anilines is 1. The van der Waals surface area contributed by atoms with E-state index < -0.39 is 11.5 Å². The van der Waals surface area contributed by atoms with Crippen molar-refractivity contribution in [3.8, 4) is 0 Å². The van der Waals surface area contributed by atoms with Gasteiger partial charge >= 0.3 is 5.97 Å². The highest BCUT2D eigenvalue weighted by Crippen LogP contribution is 2.32. The van der Waals surface area contributed by atoms with Gasteiger partial charge in [0.25, 0.3) is 0 Å². The summed E-state index contributed by atoms with van der Waals surface area (Å²) >= 11 is 5.83. The van der Waals surface area contributed by atoms with Gasteiger partial charge in [0.2, 0.25) is 0 Å². The molecule has 1 aliphatic rings. The van der Waals surface area contributed by atoms with Gasteiger partial charge in [-0.2, -0.15) is 0 Å². The van der Waals surface area contributed by atoms with Crippen LogP contribution < -0.4 is 5.32 Å². The van der Waals surface area contributed by atoms with Crippen LogP contribution in [-0.4, -0.2) is 28.8 Å². The fourth-order valence-electron chi connectivity index (χ4n) is 2.70. The summed E-state index contributed by atoms with van der Waals surface area (Å²) in [5, 5.41) is 13.4. The average Bonchev–Trinajstić information content (AvgIpc) is 2.30. The zero-order valence-corrected chi connectivity index (χ0v) is 11.8. The van der Waals surface area contributed by atoms with Gasteiger partial charge in [0.1, 0.15) is 5.54 Å². The van der Waals surface area contributed by atoms with E-state index in [4.69, 9.17) is 16.3 Å². The maximum Gasteiger partial charge on any atom is 0.329 e. The Kier molecular flexibility index (Phi) is 4.02. The summed E-state index contributed by atoms with van der Waals surface area (Å²) < 4.78 is 5.62. The summed E-state index contributed by atoms with van der Waals surface area (Å²) in [6.07, 6.45) is 0.712. The van der Waals surface area contributed by atoms with Gasteiger partial charge in [-0.05, 0) is 38.1 Å². The molecule has 1 aromatic rings. The van der Waals surface area contributed by atoms with E-state index in [-0.39, 0.29) is 12.2 Å². The predicted molar refractivity (Wildman–Crippen MR) is 74.7 cm³/mol. The minimum Gasteiger partial charge on any atom is -0.480 e. The standard InChI is InChI=1S/C14H18ClNO3/c1-9-7-14(13(17)18,8-10(2)19-9)16-12-5-3-11(15)4-6-12/h3-6,9-10,16H,7-8H2,1-2H3,(H,17,18). The second-order valence-electron chi connectivity index (χ2n) is 5.18. The lowest BCUT2D eigenvalue weighted by Gasteiger charge is -2.40. The van der Waals surface area contributed by atoms with Crippen molar-refractivity contribution in [3.05, 3.63) is 29.3 Å². The molecule has 1 aromatic carbocycles. The number of aliphatic carboxylic acids is 1. The molecule has 2 atom stereocenters. The molecule has 1 saturated heterocycles. The lowest BCUT2D eigenvalue weighted by molar-refractivity contribution is -0.151. The Morgan fingerprint density at radius 3 is 2.32 bits per heavy atom. The minimum atomic E-state index is -0.981. The summed E-state index contributed by atoms with van der Waals surface area (Å²) in [5.41, 5.74) is -0.224. The van der Waals surface area contributed by atoms with Gasteiger partial charge < -0.3 is 15.2 Å². The summed E-state index contributed by atoms with van der Waals surface area (Å²) in [6, 6.07) is 7.06. The Labute approximate surface area is 117 Å². The van der Waals surface area contributed by atoms with Crippen molar-refractivity contribution in [1.82, 2.24) is 0 Å². The fraction of sp³-hybridized carbons (Fsp3) is 0.500. The summed E-state index contributed by atoms with van der Waals surface area (Å²) in [6.45, 7) is 3.80. The number of carboxylic acid groups (broad SMARTS) is 1. The molecule has 4 nitrogen and oxygen atoms in total.